The molecule has 0 aromatic carbocycles. The molecule has 2 heterocycles. The van der Waals surface area contributed by atoms with Gasteiger partial charge in [0.2, 0.25) is 0 Å². The number of guanidine groups is 1. The van der Waals surface area contributed by atoms with Gasteiger partial charge in [0.1, 0.15) is 0 Å². The minimum absolute atomic E-state index is 0.287. The Balaban J connectivity index is 2.14. The Bertz CT molecular complexity index is 527. The topological polar surface area (TPSA) is 40.5 Å². The molecular weight excluding hydrogens is 316 g/mol. The molecular formula is C19H32N4S. The average Bonchev–Trinajstić information content (AvgIpc) is 2.54. The van der Waals surface area contributed by atoms with Crippen molar-refractivity contribution in [3.8, 4) is 0 Å². The molecule has 1 aromatic rings. The molecule has 0 spiro atoms. The van der Waals surface area contributed by atoms with Gasteiger partial charge in [0.15, 0.2) is 5.96 Å². The molecule has 5 heteroatoms. The van der Waals surface area contributed by atoms with E-state index in [0.717, 1.165) is 37.9 Å². The average molecular weight is 349 g/mol. The SMILES string of the molecule is CCNC(=NCC(c1cccnc1)C(C)C)N1CCSC(C)(C)C1. The first-order chi connectivity index (χ1) is 11.4. The lowest BCUT2D eigenvalue weighted by atomic mass is 9.89. The highest BCUT2D eigenvalue weighted by molar-refractivity contribution is 8.00. The lowest BCUT2D eigenvalue weighted by Gasteiger charge is -2.39. The highest BCUT2D eigenvalue weighted by Crippen LogP contribution is 2.30. The van der Waals surface area contributed by atoms with Crippen LogP contribution in [-0.2, 0) is 0 Å². The van der Waals surface area contributed by atoms with E-state index in [9.17, 15) is 0 Å². The number of aliphatic imine (C=N–C) groups is 1. The second kappa shape index (κ2) is 8.75. The molecule has 2 rings (SSSR count). The van der Waals surface area contributed by atoms with Gasteiger partial charge in [-0.1, -0.05) is 19.9 Å². The van der Waals surface area contributed by atoms with Crippen molar-refractivity contribution in [3.63, 3.8) is 0 Å². The standard InChI is InChI=1S/C19H32N4S/c1-6-21-18(23-10-11-24-19(4,5)14-23)22-13-17(15(2)3)16-8-7-9-20-12-16/h7-9,12,15,17H,6,10-11,13-14H2,1-5H3,(H,21,22). The molecule has 4 nitrogen and oxygen atoms in total. The Morgan fingerprint density at radius 2 is 2.25 bits per heavy atom. The fraction of sp³-hybridized carbons (Fsp3) is 0.684. The van der Waals surface area contributed by atoms with Crippen LogP contribution in [0.4, 0.5) is 0 Å². The van der Waals surface area contributed by atoms with E-state index < -0.39 is 0 Å². The zero-order valence-corrected chi connectivity index (χ0v) is 16.6. The fourth-order valence-corrected chi connectivity index (χ4v) is 4.22. The van der Waals surface area contributed by atoms with Gasteiger partial charge in [-0.25, -0.2) is 0 Å². The molecule has 0 amide bonds. The van der Waals surface area contributed by atoms with Crippen molar-refractivity contribution in [2.24, 2.45) is 10.9 Å². The number of hydrogen-bond acceptors (Lipinski definition) is 3. The number of thioether (sulfide) groups is 1. The third-order valence-electron chi connectivity index (χ3n) is 4.42. The zero-order valence-electron chi connectivity index (χ0n) is 15.7. The van der Waals surface area contributed by atoms with E-state index in [2.05, 4.69) is 67.6 Å². The van der Waals surface area contributed by atoms with Crippen molar-refractivity contribution >= 4 is 17.7 Å². The second-order valence-electron chi connectivity index (χ2n) is 7.36. The first-order valence-corrected chi connectivity index (χ1v) is 9.98. The van der Waals surface area contributed by atoms with Gasteiger partial charge < -0.3 is 10.2 Å². The minimum atomic E-state index is 0.287. The molecule has 1 aromatic heterocycles. The predicted octanol–water partition coefficient (Wildman–Crippen LogP) is 3.61. The monoisotopic (exact) mass is 348 g/mol. The maximum atomic E-state index is 5.00. The van der Waals surface area contributed by atoms with Gasteiger partial charge in [-0.15, -0.1) is 0 Å². The van der Waals surface area contributed by atoms with Gasteiger partial charge in [-0.2, -0.15) is 11.8 Å². The molecule has 24 heavy (non-hydrogen) atoms. The normalized spacial score (nSPS) is 19.4. The Kier molecular flexibility index (Phi) is 6.96. The quantitative estimate of drug-likeness (QED) is 0.652. The molecule has 1 atom stereocenters. The maximum absolute atomic E-state index is 5.00. The number of nitrogens with zero attached hydrogens (tertiary/aromatic N) is 3. The van der Waals surface area contributed by atoms with Crippen molar-refractivity contribution in [1.29, 1.82) is 0 Å². The van der Waals surface area contributed by atoms with Crippen LogP contribution in [0, 0.1) is 5.92 Å². The molecule has 1 aliphatic rings. The minimum Gasteiger partial charge on any atom is -0.357 e. The predicted molar refractivity (Wildman–Crippen MR) is 106 cm³/mol. The van der Waals surface area contributed by atoms with E-state index in [1.54, 1.807) is 0 Å². The van der Waals surface area contributed by atoms with Crippen molar-refractivity contribution < 1.29 is 0 Å². The highest BCUT2D eigenvalue weighted by atomic mass is 32.2. The van der Waals surface area contributed by atoms with Gasteiger partial charge in [0.05, 0.1) is 0 Å². The third kappa shape index (κ3) is 5.40. The van der Waals surface area contributed by atoms with Gasteiger partial charge in [0.25, 0.3) is 0 Å². The van der Waals surface area contributed by atoms with Crippen LogP contribution in [0.3, 0.4) is 0 Å². The van der Waals surface area contributed by atoms with Crippen LogP contribution < -0.4 is 5.32 Å². The number of pyridine rings is 1. The Morgan fingerprint density at radius 3 is 2.83 bits per heavy atom. The maximum Gasteiger partial charge on any atom is 0.194 e. The summed E-state index contributed by atoms with van der Waals surface area (Å²) < 4.78 is 0.287. The summed E-state index contributed by atoms with van der Waals surface area (Å²) in [6, 6.07) is 4.19. The summed E-state index contributed by atoms with van der Waals surface area (Å²) in [5.41, 5.74) is 1.28. The number of aromatic nitrogens is 1. The van der Waals surface area contributed by atoms with Crippen molar-refractivity contribution in [2.45, 2.75) is 45.3 Å². The van der Waals surface area contributed by atoms with Crippen LogP contribution >= 0.6 is 11.8 Å². The lowest BCUT2D eigenvalue weighted by Crippen LogP contribution is -2.51. The van der Waals surface area contributed by atoms with E-state index in [0.29, 0.717) is 11.8 Å². The largest absolute Gasteiger partial charge is 0.357 e. The number of hydrogen-bond donors (Lipinski definition) is 1. The molecule has 0 radical (unpaired) electrons. The lowest BCUT2D eigenvalue weighted by molar-refractivity contribution is 0.374. The molecule has 0 aliphatic carbocycles. The first kappa shape index (κ1) is 19.1. The zero-order chi connectivity index (χ0) is 17.6. The van der Waals surface area contributed by atoms with E-state index >= 15 is 0 Å². The Hall–Kier alpha value is -1.23. The summed E-state index contributed by atoms with van der Waals surface area (Å²) in [5, 5.41) is 3.49. The molecule has 0 saturated carbocycles. The molecule has 1 aliphatic heterocycles. The van der Waals surface area contributed by atoms with Gasteiger partial charge in [-0.05, 0) is 38.3 Å². The van der Waals surface area contributed by atoms with E-state index in [1.807, 2.05) is 18.5 Å². The van der Waals surface area contributed by atoms with E-state index in [4.69, 9.17) is 4.99 Å². The van der Waals surface area contributed by atoms with Crippen LogP contribution in [0.2, 0.25) is 0 Å². The first-order valence-electron chi connectivity index (χ1n) is 9.00. The molecule has 1 saturated heterocycles. The molecule has 134 valence electrons. The summed E-state index contributed by atoms with van der Waals surface area (Å²) in [7, 11) is 0. The fourth-order valence-electron chi connectivity index (χ4n) is 3.10. The summed E-state index contributed by atoms with van der Waals surface area (Å²) in [6.07, 6.45) is 3.81. The molecule has 0 bridgehead atoms. The van der Waals surface area contributed by atoms with Crippen molar-refractivity contribution in [3.05, 3.63) is 30.1 Å². The van der Waals surface area contributed by atoms with Crippen LogP contribution in [0.1, 0.15) is 46.1 Å². The van der Waals surface area contributed by atoms with Crippen LogP contribution in [-0.4, -0.2) is 52.5 Å². The Morgan fingerprint density at radius 1 is 1.46 bits per heavy atom. The highest BCUT2D eigenvalue weighted by Gasteiger charge is 2.29. The van der Waals surface area contributed by atoms with E-state index in [1.165, 1.54) is 5.56 Å². The van der Waals surface area contributed by atoms with Crippen LogP contribution in [0.5, 0.6) is 0 Å². The van der Waals surface area contributed by atoms with Crippen LogP contribution in [0.25, 0.3) is 0 Å². The molecule has 1 N–H and O–H groups in total. The smallest absolute Gasteiger partial charge is 0.194 e. The Labute approximate surface area is 151 Å². The summed E-state index contributed by atoms with van der Waals surface area (Å²) in [5.74, 6) is 3.15. The third-order valence-corrected chi connectivity index (χ3v) is 5.71. The van der Waals surface area contributed by atoms with Crippen LogP contribution in [0.15, 0.2) is 29.5 Å². The summed E-state index contributed by atoms with van der Waals surface area (Å²) in [4.78, 5) is 11.7. The van der Waals surface area contributed by atoms with E-state index in [-0.39, 0.29) is 4.75 Å². The number of rotatable bonds is 5. The second-order valence-corrected chi connectivity index (χ2v) is 9.16. The van der Waals surface area contributed by atoms with Gasteiger partial charge >= 0.3 is 0 Å². The van der Waals surface area contributed by atoms with Gasteiger partial charge in [0, 0.05) is 55.0 Å². The summed E-state index contributed by atoms with van der Waals surface area (Å²) in [6.45, 7) is 15.1. The van der Waals surface area contributed by atoms with Crippen molar-refractivity contribution in [1.82, 2.24) is 15.2 Å². The molecule has 1 fully saturated rings. The summed E-state index contributed by atoms with van der Waals surface area (Å²) >= 11 is 2.05. The number of nitrogens with one attached hydrogen (secondary N) is 1. The van der Waals surface area contributed by atoms with Gasteiger partial charge in [-0.3, -0.25) is 9.98 Å². The molecule has 1 unspecified atom stereocenters. The van der Waals surface area contributed by atoms with Crippen molar-refractivity contribution in [2.75, 3.05) is 31.9 Å².